The van der Waals surface area contributed by atoms with Crippen molar-refractivity contribution in [1.29, 1.82) is 0 Å². The van der Waals surface area contributed by atoms with Crippen LogP contribution in [0.2, 0.25) is 0 Å². The van der Waals surface area contributed by atoms with E-state index in [-0.39, 0.29) is 10.8 Å². The summed E-state index contributed by atoms with van der Waals surface area (Å²) in [6.07, 6.45) is 0. The van der Waals surface area contributed by atoms with Gasteiger partial charge in [-0.15, -0.1) is 0 Å². The van der Waals surface area contributed by atoms with E-state index in [4.69, 9.17) is 0 Å². The maximum Gasteiger partial charge on any atom is 0.0543 e. The van der Waals surface area contributed by atoms with Crippen molar-refractivity contribution in [2.75, 3.05) is 9.80 Å². The number of hydrogen-bond acceptors (Lipinski definition) is 2. The van der Waals surface area contributed by atoms with Crippen molar-refractivity contribution in [2.24, 2.45) is 0 Å². The number of anilines is 6. The molecule has 0 amide bonds. The van der Waals surface area contributed by atoms with Crippen molar-refractivity contribution >= 4 is 77.2 Å². The van der Waals surface area contributed by atoms with E-state index in [1.54, 1.807) is 0 Å². The Hall–Kier alpha value is -8.72. The predicted octanol–water partition coefficient (Wildman–Crippen LogP) is 20.1. The molecule has 12 aromatic rings. The third-order valence-corrected chi connectivity index (χ3v) is 16.6. The summed E-state index contributed by atoms with van der Waals surface area (Å²) in [7, 11) is 0. The van der Waals surface area contributed by atoms with Crippen LogP contribution >= 0.6 is 0 Å². The minimum Gasteiger partial charge on any atom is -0.309 e. The molecule has 0 heterocycles. The Labute approximate surface area is 434 Å². The fourth-order valence-electron chi connectivity index (χ4n) is 13.2. The summed E-state index contributed by atoms with van der Waals surface area (Å²) in [6, 6.07) is 86.7. The lowest BCUT2D eigenvalue weighted by molar-refractivity contribution is 0.654. The van der Waals surface area contributed by atoms with Crippen molar-refractivity contribution in [1.82, 2.24) is 0 Å². The van der Waals surface area contributed by atoms with Crippen LogP contribution in [0.15, 0.2) is 231 Å². The molecule has 354 valence electrons. The Morgan fingerprint density at radius 2 is 0.649 bits per heavy atom. The maximum absolute atomic E-state index is 2.55. The highest BCUT2D eigenvalue weighted by Crippen LogP contribution is 2.62. The number of aryl methyl sites for hydroxylation is 2. The zero-order chi connectivity index (χ0) is 50.0. The smallest absolute Gasteiger partial charge is 0.0543 e. The van der Waals surface area contributed by atoms with Gasteiger partial charge >= 0.3 is 0 Å². The van der Waals surface area contributed by atoms with Crippen LogP contribution in [0.1, 0.15) is 61.1 Å². The lowest BCUT2D eigenvalue weighted by atomic mass is 9.74. The number of benzene rings is 12. The normalized spacial score (nSPS) is 13.8. The first kappa shape index (κ1) is 44.0. The molecule has 0 fully saturated rings. The van der Waals surface area contributed by atoms with E-state index in [2.05, 4.69) is 282 Å². The van der Waals surface area contributed by atoms with Crippen LogP contribution in [-0.2, 0) is 10.8 Å². The fraction of sp³-hybridized carbons (Fsp3) is 0.111. The Morgan fingerprint density at radius 3 is 1.08 bits per heavy atom. The molecule has 2 aliphatic rings. The first-order chi connectivity index (χ1) is 36.0. The molecule has 14 rings (SSSR count). The van der Waals surface area contributed by atoms with Crippen LogP contribution in [0, 0.1) is 13.8 Å². The van der Waals surface area contributed by atoms with Crippen molar-refractivity contribution in [3.05, 3.63) is 264 Å². The zero-order valence-electron chi connectivity index (χ0n) is 42.8. The predicted molar refractivity (Wildman–Crippen MR) is 316 cm³/mol. The van der Waals surface area contributed by atoms with E-state index in [0.29, 0.717) is 0 Å². The highest BCUT2D eigenvalue weighted by molar-refractivity contribution is 6.09. The summed E-state index contributed by atoms with van der Waals surface area (Å²) in [5.41, 5.74) is 22.0. The fourth-order valence-corrected chi connectivity index (χ4v) is 13.2. The van der Waals surface area contributed by atoms with Crippen LogP contribution in [0.3, 0.4) is 0 Å². The molecule has 0 saturated carbocycles. The molecule has 2 nitrogen and oxygen atoms in total. The van der Waals surface area contributed by atoms with Crippen molar-refractivity contribution < 1.29 is 0 Å². The van der Waals surface area contributed by atoms with Gasteiger partial charge < -0.3 is 9.80 Å². The minimum atomic E-state index is -0.340. The molecule has 0 spiro atoms. The monoisotopic (exact) mass is 948 g/mol. The van der Waals surface area contributed by atoms with Gasteiger partial charge in [0.2, 0.25) is 0 Å². The van der Waals surface area contributed by atoms with Crippen LogP contribution in [-0.4, -0.2) is 0 Å². The molecule has 12 aromatic carbocycles. The van der Waals surface area contributed by atoms with Gasteiger partial charge in [0, 0.05) is 44.1 Å². The number of hydrogen-bond donors (Lipinski definition) is 0. The largest absolute Gasteiger partial charge is 0.309 e. The summed E-state index contributed by atoms with van der Waals surface area (Å²) in [4.78, 5) is 5.09. The van der Waals surface area contributed by atoms with Gasteiger partial charge in [-0.25, -0.2) is 0 Å². The SMILES string of the molecule is Cc1ccc2c(c1)C(C)(C)c1c(-c3ccc(N(c4ccc5ccccc5c4)c4cccc5ccccc45)c4c3C(C)(C)c3cc(C)ccc3-4)ccc(N(c3ccc4ccccc4c3)c3cccc4ccccc34)c1-2. The average Bonchev–Trinajstić information content (AvgIpc) is 3.96. The topological polar surface area (TPSA) is 6.48 Å². The molecule has 0 atom stereocenters. The highest BCUT2D eigenvalue weighted by atomic mass is 15.2. The number of fused-ring (bicyclic) bond motifs is 10. The lowest BCUT2D eigenvalue weighted by Crippen LogP contribution is -2.20. The lowest BCUT2D eigenvalue weighted by Gasteiger charge is -2.34. The van der Waals surface area contributed by atoms with E-state index in [1.165, 1.54) is 121 Å². The maximum atomic E-state index is 2.55. The summed E-state index contributed by atoms with van der Waals surface area (Å²) in [6.45, 7) is 14.3. The van der Waals surface area contributed by atoms with Gasteiger partial charge in [-0.3, -0.25) is 0 Å². The summed E-state index contributed by atoms with van der Waals surface area (Å²) < 4.78 is 0. The molecule has 74 heavy (non-hydrogen) atoms. The van der Waals surface area contributed by atoms with Crippen molar-refractivity contribution in [3.8, 4) is 33.4 Å². The Balaban J connectivity index is 1.08. The molecule has 0 aliphatic heterocycles. The van der Waals surface area contributed by atoms with Gasteiger partial charge in [0.15, 0.2) is 0 Å². The van der Waals surface area contributed by atoms with Crippen LogP contribution in [0.25, 0.3) is 76.5 Å². The molecular weight excluding hydrogens is 893 g/mol. The molecule has 2 aliphatic carbocycles. The molecule has 0 radical (unpaired) electrons. The molecule has 2 heteroatoms. The van der Waals surface area contributed by atoms with Gasteiger partial charge in [0.1, 0.15) is 0 Å². The van der Waals surface area contributed by atoms with E-state index in [0.717, 1.165) is 22.7 Å². The van der Waals surface area contributed by atoms with Gasteiger partial charge in [-0.2, -0.15) is 0 Å². The van der Waals surface area contributed by atoms with Crippen molar-refractivity contribution in [3.63, 3.8) is 0 Å². The summed E-state index contributed by atoms with van der Waals surface area (Å²) in [5.74, 6) is 0. The Kier molecular flexibility index (Phi) is 9.76. The standard InChI is InChI=1S/C72H56N2/c1-45-29-35-59-61(41-45)71(3,4)69-57(37-39-65(67(59)69)73(53-33-31-47-17-7-9-21-51(47)43-53)63-27-15-23-49-19-11-13-25-55(49)63)58-38-40-66(68-60-36-30-46(2)42-62(60)72(5,6)70(58)68)74(54-34-32-48-18-8-10-22-52(48)44-54)64-28-16-24-50-20-12-14-26-56(50)64/h7-44H,1-6H3. The van der Waals surface area contributed by atoms with E-state index in [9.17, 15) is 0 Å². The zero-order valence-corrected chi connectivity index (χ0v) is 42.8. The molecule has 0 unspecified atom stereocenters. The van der Waals surface area contributed by atoms with E-state index in [1.807, 2.05) is 0 Å². The Morgan fingerprint density at radius 1 is 0.284 bits per heavy atom. The van der Waals surface area contributed by atoms with Crippen LogP contribution in [0.5, 0.6) is 0 Å². The number of nitrogens with zero attached hydrogens (tertiary/aromatic N) is 2. The second kappa shape index (κ2) is 16.4. The van der Waals surface area contributed by atoms with Gasteiger partial charge in [0.25, 0.3) is 0 Å². The highest BCUT2D eigenvalue weighted by Gasteiger charge is 2.45. The molecular formula is C72H56N2. The quantitative estimate of drug-likeness (QED) is 0.157. The number of rotatable bonds is 7. The minimum absolute atomic E-state index is 0.340. The van der Waals surface area contributed by atoms with Crippen LogP contribution in [0.4, 0.5) is 34.1 Å². The van der Waals surface area contributed by atoms with E-state index < -0.39 is 0 Å². The third kappa shape index (κ3) is 6.57. The van der Waals surface area contributed by atoms with Gasteiger partial charge in [-0.1, -0.05) is 221 Å². The van der Waals surface area contributed by atoms with Crippen molar-refractivity contribution in [2.45, 2.75) is 52.4 Å². The third-order valence-electron chi connectivity index (χ3n) is 16.6. The van der Waals surface area contributed by atoms with E-state index >= 15 is 0 Å². The molecule has 0 aromatic heterocycles. The second-order valence-corrected chi connectivity index (χ2v) is 21.8. The first-order valence-corrected chi connectivity index (χ1v) is 26.2. The first-order valence-electron chi connectivity index (χ1n) is 26.2. The van der Waals surface area contributed by atoms with Gasteiger partial charge in [-0.05, 0) is 139 Å². The summed E-state index contributed by atoms with van der Waals surface area (Å²) in [5, 5.41) is 9.76. The average molecular weight is 949 g/mol. The molecule has 0 saturated heterocycles. The summed E-state index contributed by atoms with van der Waals surface area (Å²) >= 11 is 0. The molecule has 0 N–H and O–H groups in total. The van der Waals surface area contributed by atoms with Crippen LogP contribution < -0.4 is 9.80 Å². The van der Waals surface area contributed by atoms with Gasteiger partial charge in [0.05, 0.1) is 22.7 Å². The second-order valence-electron chi connectivity index (χ2n) is 21.8. The Bertz CT molecular complexity index is 4020. The molecule has 0 bridgehead atoms.